The smallest absolute Gasteiger partial charge is 0.0546 e. The number of rotatable bonds is 6. The van der Waals surface area contributed by atoms with Crippen molar-refractivity contribution in [2.24, 2.45) is 0 Å². The lowest BCUT2D eigenvalue weighted by molar-refractivity contribution is 1.10. The molecule has 10 rings (SSSR count). The molecule has 0 unspecified atom stereocenters. The van der Waals surface area contributed by atoms with Gasteiger partial charge < -0.3 is 13.7 Å². The second-order valence-corrected chi connectivity index (χ2v) is 14.3. The van der Waals surface area contributed by atoms with Crippen molar-refractivity contribution in [3.05, 3.63) is 199 Å². The fourth-order valence-electron chi connectivity index (χ4n) is 8.95. The summed E-state index contributed by atoms with van der Waals surface area (Å²) in [4.78, 5) is 0. The third-order valence-electron chi connectivity index (χ3n) is 11.2. The van der Waals surface area contributed by atoms with E-state index in [1.54, 1.807) is 0 Å². The highest BCUT2D eigenvalue weighted by Gasteiger charge is 2.28. The van der Waals surface area contributed by atoms with Crippen LogP contribution in [0.25, 0.3) is 83.5 Å². The van der Waals surface area contributed by atoms with Crippen LogP contribution in [-0.2, 0) is 0 Å². The third kappa shape index (κ3) is 4.89. The number of fused-ring (bicyclic) bond motifs is 3. The van der Waals surface area contributed by atoms with Gasteiger partial charge >= 0.3 is 0 Å². The van der Waals surface area contributed by atoms with Crippen molar-refractivity contribution in [3.8, 4) is 50.8 Å². The van der Waals surface area contributed by atoms with Crippen LogP contribution in [0, 0.1) is 20.8 Å². The van der Waals surface area contributed by atoms with E-state index in [4.69, 9.17) is 0 Å². The predicted octanol–water partition coefficient (Wildman–Crippen LogP) is 13.4. The second kappa shape index (κ2) is 12.7. The minimum Gasteiger partial charge on any atom is -0.309 e. The van der Waals surface area contributed by atoms with E-state index in [1.165, 1.54) is 83.2 Å². The molecule has 0 atom stereocenters. The minimum absolute atomic E-state index is 1.15. The van der Waals surface area contributed by atoms with Crippen LogP contribution < -0.4 is 0 Å². The van der Waals surface area contributed by atoms with Gasteiger partial charge in [-0.1, -0.05) is 109 Å². The molecule has 3 aromatic heterocycles. The van der Waals surface area contributed by atoms with Crippen LogP contribution >= 0.6 is 0 Å². The maximum absolute atomic E-state index is 2.45. The van der Waals surface area contributed by atoms with Crippen molar-refractivity contribution < 1.29 is 0 Å². The number of hydrogen-bond acceptors (Lipinski definition) is 0. The standard InChI is InChI=1S/C51H39N3/c1-34-49(46-31-37-19-13-16-28-43(37)52(46)40-22-7-4-8-23-40)35(2)51(48-33-39-21-15-18-30-45(39)54(48)42-26-11-6-12-27-42)36(3)50(34)47-32-38-20-14-17-29-44(38)53(47)41-24-9-5-10-25-41/h4-33H,1-3H3. The fourth-order valence-corrected chi connectivity index (χ4v) is 8.95. The summed E-state index contributed by atoms with van der Waals surface area (Å²) >= 11 is 0. The summed E-state index contributed by atoms with van der Waals surface area (Å²) in [5, 5.41) is 3.65. The van der Waals surface area contributed by atoms with Gasteiger partial charge in [0, 0.05) is 49.9 Å². The van der Waals surface area contributed by atoms with Gasteiger partial charge in [0.15, 0.2) is 0 Å². The molecule has 0 N–H and O–H groups in total. The summed E-state index contributed by atoms with van der Waals surface area (Å²) in [6, 6.07) is 65.9. The largest absolute Gasteiger partial charge is 0.309 e. The molecule has 0 aliphatic heterocycles. The van der Waals surface area contributed by atoms with E-state index < -0.39 is 0 Å². The van der Waals surface area contributed by atoms with Crippen molar-refractivity contribution in [1.29, 1.82) is 0 Å². The van der Waals surface area contributed by atoms with Crippen molar-refractivity contribution in [2.75, 3.05) is 0 Å². The molecule has 3 heterocycles. The van der Waals surface area contributed by atoms with Gasteiger partial charge in [0.25, 0.3) is 0 Å². The lowest BCUT2D eigenvalue weighted by Crippen LogP contribution is -2.07. The predicted molar refractivity (Wildman–Crippen MR) is 227 cm³/mol. The van der Waals surface area contributed by atoms with Crippen LogP contribution in [0.1, 0.15) is 16.7 Å². The van der Waals surface area contributed by atoms with E-state index in [0.29, 0.717) is 0 Å². The maximum atomic E-state index is 2.45. The number of para-hydroxylation sites is 6. The minimum atomic E-state index is 1.15. The van der Waals surface area contributed by atoms with Gasteiger partial charge in [-0.15, -0.1) is 0 Å². The Balaban J connectivity index is 1.39. The first-order valence-corrected chi connectivity index (χ1v) is 18.7. The highest BCUT2D eigenvalue weighted by atomic mass is 15.0. The summed E-state index contributed by atoms with van der Waals surface area (Å²) in [5.41, 5.74) is 18.1. The van der Waals surface area contributed by atoms with Crippen LogP contribution in [0.2, 0.25) is 0 Å². The van der Waals surface area contributed by atoms with Gasteiger partial charge in [0.05, 0.1) is 33.6 Å². The Morgan fingerprint density at radius 1 is 0.278 bits per heavy atom. The van der Waals surface area contributed by atoms with E-state index >= 15 is 0 Å². The second-order valence-electron chi connectivity index (χ2n) is 14.3. The number of nitrogens with zero attached hydrogens (tertiary/aromatic N) is 3. The molecule has 0 aliphatic rings. The quantitative estimate of drug-likeness (QED) is 0.165. The summed E-state index contributed by atoms with van der Waals surface area (Å²) < 4.78 is 7.35. The summed E-state index contributed by atoms with van der Waals surface area (Å²) in [7, 11) is 0. The Morgan fingerprint density at radius 2 is 0.519 bits per heavy atom. The first-order chi connectivity index (χ1) is 26.6. The summed E-state index contributed by atoms with van der Waals surface area (Å²) in [6.07, 6.45) is 0. The maximum Gasteiger partial charge on any atom is 0.0546 e. The van der Waals surface area contributed by atoms with E-state index in [2.05, 4.69) is 216 Å². The van der Waals surface area contributed by atoms with Crippen molar-refractivity contribution in [3.63, 3.8) is 0 Å². The zero-order valence-corrected chi connectivity index (χ0v) is 30.7. The number of benzene rings is 7. The summed E-state index contributed by atoms with van der Waals surface area (Å²) in [6.45, 7) is 7.00. The van der Waals surface area contributed by atoms with Crippen LogP contribution in [0.5, 0.6) is 0 Å². The molecule has 7 aromatic carbocycles. The summed E-state index contributed by atoms with van der Waals surface area (Å²) in [5.74, 6) is 0. The Hall–Kier alpha value is -6.84. The molecule has 0 radical (unpaired) electrons. The first kappa shape index (κ1) is 31.9. The molecular weight excluding hydrogens is 655 g/mol. The molecule has 0 amide bonds. The number of aromatic nitrogens is 3. The first-order valence-electron chi connectivity index (χ1n) is 18.7. The molecule has 258 valence electrons. The molecule has 0 fully saturated rings. The zero-order valence-electron chi connectivity index (χ0n) is 30.7. The van der Waals surface area contributed by atoms with Crippen LogP contribution in [0.4, 0.5) is 0 Å². The lowest BCUT2D eigenvalue weighted by atomic mass is 9.84. The van der Waals surface area contributed by atoms with E-state index in [9.17, 15) is 0 Å². The fraction of sp³-hybridized carbons (Fsp3) is 0.0588. The van der Waals surface area contributed by atoms with Crippen molar-refractivity contribution >= 4 is 32.7 Å². The highest BCUT2D eigenvalue weighted by molar-refractivity contribution is 6.00. The Kier molecular flexibility index (Phi) is 7.48. The monoisotopic (exact) mass is 693 g/mol. The molecule has 54 heavy (non-hydrogen) atoms. The Morgan fingerprint density at radius 3 is 0.796 bits per heavy atom. The van der Waals surface area contributed by atoms with Crippen LogP contribution in [0.3, 0.4) is 0 Å². The molecular formula is C51H39N3. The molecule has 0 saturated heterocycles. The van der Waals surface area contributed by atoms with Gasteiger partial charge in [-0.3, -0.25) is 0 Å². The molecule has 0 saturated carbocycles. The van der Waals surface area contributed by atoms with Gasteiger partial charge in [0.2, 0.25) is 0 Å². The Bertz CT molecular complexity index is 2650. The van der Waals surface area contributed by atoms with Gasteiger partial charge in [0.1, 0.15) is 0 Å². The van der Waals surface area contributed by atoms with Crippen molar-refractivity contribution in [2.45, 2.75) is 20.8 Å². The average molecular weight is 694 g/mol. The van der Waals surface area contributed by atoms with E-state index in [0.717, 1.165) is 17.1 Å². The van der Waals surface area contributed by atoms with Crippen LogP contribution in [-0.4, -0.2) is 13.7 Å². The molecule has 10 aromatic rings. The number of hydrogen-bond donors (Lipinski definition) is 0. The Labute approximate surface area is 315 Å². The highest BCUT2D eigenvalue weighted by Crippen LogP contribution is 2.48. The average Bonchev–Trinajstić information content (AvgIpc) is 3.90. The lowest BCUT2D eigenvalue weighted by Gasteiger charge is -2.25. The molecule has 0 spiro atoms. The van der Waals surface area contributed by atoms with Crippen molar-refractivity contribution in [1.82, 2.24) is 13.7 Å². The topological polar surface area (TPSA) is 14.8 Å². The van der Waals surface area contributed by atoms with Gasteiger partial charge in [-0.25, -0.2) is 0 Å². The molecule has 0 bridgehead atoms. The van der Waals surface area contributed by atoms with Crippen LogP contribution in [0.15, 0.2) is 182 Å². The third-order valence-corrected chi connectivity index (χ3v) is 11.2. The molecule has 0 aliphatic carbocycles. The normalized spacial score (nSPS) is 11.6. The zero-order chi connectivity index (χ0) is 36.3. The molecule has 3 nitrogen and oxygen atoms in total. The SMILES string of the molecule is Cc1c(-c2cc3ccccc3n2-c2ccccc2)c(C)c(-c2cc3ccccc3n2-c2ccccc2)c(C)c1-c1cc2ccccc2n1-c1ccccc1. The van der Waals surface area contributed by atoms with Gasteiger partial charge in [-0.2, -0.15) is 0 Å². The molecule has 3 heteroatoms. The van der Waals surface area contributed by atoms with E-state index in [1.807, 2.05) is 0 Å². The van der Waals surface area contributed by atoms with Gasteiger partial charge in [-0.05, 0) is 110 Å². The van der Waals surface area contributed by atoms with E-state index in [-0.39, 0.29) is 0 Å².